The molecule has 0 bridgehead atoms. The molecule has 2 fully saturated rings. The Balaban J connectivity index is 1.34. The lowest BCUT2D eigenvalue weighted by atomic mass is 10.1. The zero-order valence-electron chi connectivity index (χ0n) is 16.2. The highest BCUT2D eigenvalue weighted by atomic mass is 32.3. The van der Waals surface area contributed by atoms with Crippen molar-refractivity contribution < 1.29 is 31.3 Å². The minimum Gasteiger partial charge on any atom is -0.464 e. The first-order chi connectivity index (χ1) is 14.6. The maximum absolute atomic E-state index is 13.4. The SMILES string of the molecule is CC(F)(F)c1cc(C2CC=C(S(=O)(=O)NC34C(=O)OCC3C4c3ccccc3)S2)no1. The third kappa shape index (κ3) is 3.30. The predicted octanol–water partition coefficient (Wildman–Crippen LogP) is 3.43. The molecule has 3 aliphatic rings. The van der Waals surface area contributed by atoms with E-state index in [2.05, 4.69) is 9.88 Å². The van der Waals surface area contributed by atoms with E-state index >= 15 is 0 Å². The second kappa shape index (κ2) is 6.88. The smallest absolute Gasteiger partial charge is 0.328 e. The molecule has 1 saturated heterocycles. The topological polar surface area (TPSA) is 98.5 Å². The van der Waals surface area contributed by atoms with Gasteiger partial charge in [-0.3, -0.25) is 0 Å². The summed E-state index contributed by atoms with van der Waals surface area (Å²) in [6.07, 6.45) is 1.78. The molecule has 1 aromatic carbocycles. The fourth-order valence-corrected chi connectivity index (χ4v) is 7.40. The molecule has 4 atom stereocenters. The number of halogens is 2. The fraction of sp³-hybridized carbons (Fsp3) is 0.400. The standard InChI is InChI=1S/C20H18F2N2O5S2/c1-19(21,22)15-9-13(23-29-15)14-7-8-16(30-14)31(26,27)24-20-12(10-28-18(20)25)17(20)11-5-3-2-4-6-11/h2-6,8-9,12,14,17,24H,7,10H2,1H3. The number of allylic oxidation sites excluding steroid dienone is 1. The highest BCUT2D eigenvalue weighted by molar-refractivity contribution is 8.18. The molecule has 2 aliphatic heterocycles. The minimum absolute atomic E-state index is 0.0249. The molecule has 0 amide bonds. The van der Waals surface area contributed by atoms with E-state index < -0.39 is 38.5 Å². The summed E-state index contributed by atoms with van der Waals surface area (Å²) in [6, 6.07) is 10.4. The van der Waals surface area contributed by atoms with Crippen molar-refractivity contribution in [2.75, 3.05) is 6.61 Å². The summed E-state index contributed by atoms with van der Waals surface area (Å²) < 4.78 is 65.5. The van der Waals surface area contributed by atoms with Gasteiger partial charge in [0, 0.05) is 24.8 Å². The van der Waals surface area contributed by atoms with E-state index in [1.54, 1.807) is 0 Å². The van der Waals surface area contributed by atoms with E-state index in [0.29, 0.717) is 6.92 Å². The van der Waals surface area contributed by atoms with Gasteiger partial charge in [-0.25, -0.2) is 13.2 Å². The number of aromatic nitrogens is 1. The predicted molar refractivity (Wildman–Crippen MR) is 108 cm³/mol. The van der Waals surface area contributed by atoms with Crippen molar-refractivity contribution in [2.24, 2.45) is 5.92 Å². The van der Waals surface area contributed by atoms with Crippen LogP contribution in [-0.4, -0.2) is 31.7 Å². The average molecular weight is 469 g/mol. The van der Waals surface area contributed by atoms with Crippen LogP contribution in [0.3, 0.4) is 0 Å². The van der Waals surface area contributed by atoms with E-state index in [-0.39, 0.29) is 34.8 Å². The van der Waals surface area contributed by atoms with Gasteiger partial charge in [-0.05, 0) is 12.0 Å². The number of benzene rings is 1. The molecular formula is C20H18F2N2O5S2. The van der Waals surface area contributed by atoms with Gasteiger partial charge in [-0.1, -0.05) is 41.6 Å². The number of nitrogens with zero attached hydrogens (tertiary/aromatic N) is 1. The number of carbonyl (C=O) groups is 1. The molecule has 2 aromatic rings. The summed E-state index contributed by atoms with van der Waals surface area (Å²) in [5, 5.41) is 3.20. The van der Waals surface area contributed by atoms with Gasteiger partial charge >= 0.3 is 11.9 Å². The Kier molecular flexibility index (Phi) is 4.58. The summed E-state index contributed by atoms with van der Waals surface area (Å²) in [4.78, 5) is 12.5. The van der Waals surface area contributed by atoms with Crippen LogP contribution in [0, 0.1) is 5.92 Å². The van der Waals surface area contributed by atoms with Crippen molar-refractivity contribution in [3.8, 4) is 0 Å². The highest BCUT2D eigenvalue weighted by Gasteiger charge is 2.76. The van der Waals surface area contributed by atoms with Crippen molar-refractivity contribution in [1.29, 1.82) is 0 Å². The van der Waals surface area contributed by atoms with Crippen LogP contribution >= 0.6 is 11.8 Å². The Labute approximate surface area is 181 Å². The Hall–Kier alpha value is -2.24. The van der Waals surface area contributed by atoms with Crippen LogP contribution in [0.5, 0.6) is 0 Å². The van der Waals surface area contributed by atoms with E-state index in [1.807, 2.05) is 30.3 Å². The molecule has 1 aliphatic carbocycles. The minimum atomic E-state index is -4.03. The summed E-state index contributed by atoms with van der Waals surface area (Å²) in [5.74, 6) is -4.89. The number of hydrogen-bond donors (Lipinski definition) is 1. The molecule has 164 valence electrons. The van der Waals surface area contributed by atoms with E-state index in [4.69, 9.17) is 9.26 Å². The van der Waals surface area contributed by atoms with Gasteiger partial charge in [0.15, 0.2) is 0 Å². The summed E-state index contributed by atoms with van der Waals surface area (Å²) in [6.45, 7) is 0.856. The molecule has 5 rings (SSSR count). The van der Waals surface area contributed by atoms with E-state index in [0.717, 1.165) is 23.4 Å². The Morgan fingerprint density at radius 2 is 2.03 bits per heavy atom. The number of thioether (sulfide) groups is 1. The van der Waals surface area contributed by atoms with Gasteiger partial charge in [0.1, 0.15) is 9.78 Å². The lowest BCUT2D eigenvalue weighted by molar-refractivity contribution is -0.142. The summed E-state index contributed by atoms with van der Waals surface area (Å²) in [7, 11) is -4.03. The third-order valence-electron chi connectivity index (χ3n) is 5.88. The van der Waals surface area contributed by atoms with Gasteiger partial charge in [-0.2, -0.15) is 13.5 Å². The van der Waals surface area contributed by atoms with E-state index in [1.165, 1.54) is 6.08 Å². The van der Waals surface area contributed by atoms with Crippen LogP contribution in [0.1, 0.15) is 41.5 Å². The molecule has 1 N–H and O–H groups in total. The second-order valence-electron chi connectivity index (χ2n) is 7.94. The number of carbonyl (C=O) groups excluding carboxylic acids is 1. The first-order valence-corrected chi connectivity index (χ1v) is 12.0. The van der Waals surface area contributed by atoms with Crippen LogP contribution in [0.2, 0.25) is 0 Å². The number of ether oxygens (including phenoxy) is 1. The molecule has 1 aromatic heterocycles. The van der Waals surface area contributed by atoms with Gasteiger partial charge in [-0.15, -0.1) is 11.8 Å². The molecule has 3 heterocycles. The molecule has 0 radical (unpaired) electrons. The molecule has 4 unspecified atom stereocenters. The lowest BCUT2D eigenvalue weighted by Gasteiger charge is -2.16. The van der Waals surface area contributed by atoms with Crippen LogP contribution in [0.15, 0.2) is 51.2 Å². The monoisotopic (exact) mass is 468 g/mol. The normalized spacial score (nSPS) is 30.1. The maximum atomic E-state index is 13.4. The lowest BCUT2D eigenvalue weighted by Crippen LogP contribution is -2.44. The summed E-state index contributed by atoms with van der Waals surface area (Å²) in [5.41, 5.74) is -0.202. The van der Waals surface area contributed by atoms with Gasteiger partial charge in [0.25, 0.3) is 0 Å². The quantitative estimate of drug-likeness (QED) is 0.649. The van der Waals surface area contributed by atoms with Crippen molar-refractivity contribution in [3.05, 3.63) is 63.7 Å². The van der Waals surface area contributed by atoms with Crippen LogP contribution in [0.25, 0.3) is 0 Å². The first-order valence-electron chi connectivity index (χ1n) is 9.61. The number of nitrogens with one attached hydrogen (secondary N) is 1. The number of hydrogen-bond acceptors (Lipinski definition) is 7. The number of esters is 1. The van der Waals surface area contributed by atoms with Crippen molar-refractivity contribution in [2.45, 2.75) is 36.0 Å². The van der Waals surface area contributed by atoms with Crippen LogP contribution < -0.4 is 4.72 Å². The molecular weight excluding hydrogens is 450 g/mol. The van der Waals surface area contributed by atoms with Crippen LogP contribution in [0.4, 0.5) is 8.78 Å². The second-order valence-corrected chi connectivity index (χ2v) is 11.1. The number of rotatable bonds is 6. The zero-order valence-corrected chi connectivity index (χ0v) is 17.9. The molecule has 11 heteroatoms. The average Bonchev–Trinajstić information content (AvgIpc) is 3.20. The first kappa shape index (κ1) is 20.7. The third-order valence-corrected chi connectivity index (χ3v) is 9.24. The summed E-state index contributed by atoms with van der Waals surface area (Å²) >= 11 is 0.985. The van der Waals surface area contributed by atoms with Gasteiger partial charge in [0.05, 0.1) is 17.6 Å². The maximum Gasteiger partial charge on any atom is 0.328 e. The largest absolute Gasteiger partial charge is 0.464 e. The van der Waals surface area contributed by atoms with Crippen molar-refractivity contribution in [1.82, 2.24) is 9.88 Å². The van der Waals surface area contributed by atoms with Crippen molar-refractivity contribution in [3.63, 3.8) is 0 Å². The Morgan fingerprint density at radius 3 is 2.71 bits per heavy atom. The number of alkyl halides is 2. The number of sulfonamides is 1. The van der Waals surface area contributed by atoms with Crippen molar-refractivity contribution >= 4 is 27.8 Å². The number of fused-ring (bicyclic) bond motifs is 1. The zero-order chi connectivity index (χ0) is 22.0. The highest BCUT2D eigenvalue weighted by Crippen LogP contribution is 2.62. The van der Waals surface area contributed by atoms with E-state index in [9.17, 15) is 22.0 Å². The molecule has 1 saturated carbocycles. The van der Waals surface area contributed by atoms with Gasteiger partial charge in [0.2, 0.25) is 15.8 Å². The van der Waals surface area contributed by atoms with Crippen LogP contribution in [-0.2, 0) is 25.5 Å². The molecule has 31 heavy (non-hydrogen) atoms. The van der Waals surface area contributed by atoms with Gasteiger partial charge < -0.3 is 9.26 Å². The molecule has 7 nitrogen and oxygen atoms in total. The Morgan fingerprint density at radius 1 is 1.29 bits per heavy atom. The fourth-order valence-electron chi connectivity index (χ4n) is 4.30. The number of cyclic esters (lactones) is 1. The molecule has 0 spiro atoms. The Bertz CT molecular complexity index is 1180.